The molecule has 1 unspecified atom stereocenters. The lowest BCUT2D eigenvalue weighted by molar-refractivity contribution is 0.0973. The van der Waals surface area contributed by atoms with Crippen LogP contribution in [0, 0.1) is 5.41 Å². The van der Waals surface area contributed by atoms with Gasteiger partial charge in [-0.25, -0.2) is 0 Å². The van der Waals surface area contributed by atoms with Crippen molar-refractivity contribution in [3.63, 3.8) is 0 Å². The molecule has 94 valence electrons. The topological polar surface area (TPSA) is 24.5 Å². The molecule has 1 saturated heterocycles. The summed E-state index contributed by atoms with van der Waals surface area (Å²) in [5.41, 5.74) is 0.553. The highest BCUT2D eigenvalue weighted by atomic mass is 16.5. The van der Waals surface area contributed by atoms with E-state index < -0.39 is 0 Å². The van der Waals surface area contributed by atoms with Crippen LogP contribution < -0.4 is 5.32 Å². The fourth-order valence-corrected chi connectivity index (χ4v) is 3.50. The molecule has 0 spiro atoms. The van der Waals surface area contributed by atoms with E-state index in [4.69, 9.17) is 4.74 Å². The second kappa shape index (κ2) is 5.48. The van der Waals surface area contributed by atoms with Crippen molar-refractivity contribution in [2.45, 2.75) is 38.2 Å². The molecular formula is C13H26N2O. The van der Waals surface area contributed by atoms with E-state index in [2.05, 4.69) is 17.3 Å². The first-order valence-electron chi connectivity index (χ1n) is 6.68. The molecule has 0 amide bonds. The van der Waals surface area contributed by atoms with Gasteiger partial charge in [0.1, 0.15) is 0 Å². The van der Waals surface area contributed by atoms with Crippen molar-refractivity contribution in [2.24, 2.45) is 5.41 Å². The van der Waals surface area contributed by atoms with E-state index in [0.717, 1.165) is 6.54 Å². The molecular weight excluding hydrogens is 200 g/mol. The lowest BCUT2D eigenvalue weighted by atomic mass is 9.85. The van der Waals surface area contributed by atoms with E-state index in [-0.39, 0.29) is 0 Å². The molecule has 0 aromatic rings. The summed E-state index contributed by atoms with van der Waals surface area (Å²) in [6.45, 7) is 4.82. The van der Waals surface area contributed by atoms with Gasteiger partial charge in [-0.3, -0.25) is 0 Å². The van der Waals surface area contributed by atoms with Gasteiger partial charge in [0.25, 0.3) is 0 Å². The molecule has 1 aliphatic carbocycles. The fourth-order valence-electron chi connectivity index (χ4n) is 3.50. The number of hydrogen-bond donors (Lipinski definition) is 1. The molecule has 0 bridgehead atoms. The van der Waals surface area contributed by atoms with E-state index in [1.807, 2.05) is 7.11 Å². The zero-order valence-corrected chi connectivity index (χ0v) is 10.8. The normalized spacial score (nSPS) is 30.0. The average Bonchev–Trinajstić information content (AvgIpc) is 2.89. The number of hydrogen-bond acceptors (Lipinski definition) is 3. The summed E-state index contributed by atoms with van der Waals surface area (Å²) in [6, 6.07) is 0. The second-order valence-electron chi connectivity index (χ2n) is 5.62. The SMILES string of the molecule is CNCC1(CN2CCC(OC)C2)CCCC1. The minimum atomic E-state index is 0.480. The van der Waals surface area contributed by atoms with Crippen LogP contribution >= 0.6 is 0 Å². The van der Waals surface area contributed by atoms with Crippen molar-refractivity contribution in [1.29, 1.82) is 0 Å². The number of likely N-dealkylation sites (tertiary alicyclic amines) is 1. The molecule has 3 heteroatoms. The molecule has 1 N–H and O–H groups in total. The number of rotatable bonds is 5. The Labute approximate surface area is 99.5 Å². The monoisotopic (exact) mass is 226 g/mol. The molecule has 1 heterocycles. The third-order valence-electron chi connectivity index (χ3n) is 4.34. The van der Waals surface area contributed by atoms with E-state index in [1.165, 1.54) is 51.7 Å². The van der Waals surface area contributed by atoms with Crippen LogP contribution in [0.15, 0.2) is 0 Å². The van der Waals surface area contributed by atoms with Gasteiger partial charge in [-0.1, -0.05) is 12.8 Å². The molecule has 2 rings (SSSR count). The van der Waals surface area contributed by atoms with Crippen molar-refractivity contribution in [3.05, 3.63) is 0 Å². The summed E-state index contributed by atoms with van der Waals surface area (Å²) in [4.78, 5) is 2.61. The first kappa shape index (κ1) is 12.3. The summed E-state index contributed by atoms with van der Waals surface area (Å²) >= 11 is 0. The van der Waals surface area contributed by atoms with Crippen molar-refractivity contribution in [2.75, 3.05) is 40.3 Å². The van der Waals surface area contributed by atoms with Crippen molar-refractivity contribution in [1.82, 2.24) is 10.2 Å². The zero-order valence-electron chi connectivity index (χ0n) is 10.8. The third-order valence-corrected chi connectivity index (χ3v) is 4.34. The van der Waals surface area contributed by atoms with Gasteiger partial charge in [0.05, 0.1) is 6.10 Å². The van der Waals surface area contributed by atoms with Crippen LogP contribution in [0.1, 0.15) is 32.1 Å². The Hall–Kier alpha value is -0.120. The maximum Gasteiger partial charge on any atom is 0.0710 e. The lowest BCUT2D eigenvalue weighted by Gasteiger charge is -2.33. The van der Waals surface area contributed by atoms with Gasteiger partial charge in [0.2, 0.25) is 0 Å². The van der Waals surface area contributed by atoms with Crippen LogP contribution in [0.25, 0.3) is 0 Å². The van der Waals surface area contributed by atoms with Gasteiger partial charge in [0.15, 0.2) is 0 Å². The lowest BCUT2D eigenvalue weighted by Crippen LogP contribution is -2.41. The third kappa shape index (κ3) is 2.76. The molecule has 0 aromatic heterocycles. The van der Waals surface area contributed by atoms with Crippen molar-refractivity contribution in [3.8, 4) is 0 Å². The van der Waals surface area contributed by atoms with Gasteiger partial charge in [-0.2, -0.15) is 0 Å². The number of nitrogens with zero attached hydrogens (tertiary/aromatic N) is 1. The molecule has 3 nitrogen and oxygen atoms in total. The molecule has 0 radical (unpaired) electrons. The molecule has 2 fully saturated rings. The van der Waals surface area contributed by atoms with Crippen LogP contribution in [0.2, 0.25) is 0 Å². The highest BCUT2D eigenvalue weighted by Crippen LogP contribution is 2.38. The Bertz CT molecular complexity index is 214. The predicted octanol–water partition coefficient (Wildman–Crippen LogP) is 1.49. The molecule has 1 aliphatic heterocycles. The quantitative estimate of drug-likeness (QED) is 0.768. The first-order chi connectivity index (χ1) is 7.78. The minimum absolute atomic E-state index is 0.480. The van der Waals surface area contributed by atoms with Gasteiger partial charge >= 0.3 is 0 Å². The Morgan fingerprint density at radius 3 is 2.69 bits per heavy atom. The smallest absolute Gasteiger partial charge is 0.0710 e. The summed E-state index contributed by atoms with van der Waals surface area (Å²) in [7, 11) is 3.93. The Morgan fingerprint density at radius 2 is 2.12 bits per heavy atom. The predicted molar refractivity (Wildman–Crippen MR) is 66.7 cm³/mol. The van der Waals surface area contributed by atoms with Crippen LogP contribution in [0.5, 0.6) is 0 Å². The number of methoxy groups -OCH3 is 1. The highest BCUT2D eigenvalue weighted by Gasteiger charge is 2.36. The molecule has 1 atom stereocenters. The maximum atomic E-state index is 5.44. The zero-order chi connectivity index (χ0) is 11.4. The Balaban J connectivity index is 1.86. The largest absolute Gasteiger partial charge is 0.380 e. The summed E-state index contributed by atoms with van der Waals surface area (Å²) in [5, 5.41) is 3.39. The van der Waals surface area contributed by atoms with E-state index in [9.17, 15) is 0 Å². The first-order valence-corrected chi connectivity index (χ1v) is 6.68. The Morgan fingerprint density at radius 1 is 1.38 bits per heavy atom. The van der Waals surface area contributed by atoms with Gasteiger partial charge in [-0.05, 0) is 31.7 Å². The summed E-state index contributed by atoms with van der Waals surface area (Å²) in [6.07, 6.45) is 7.34. The molecule has 0 aromatic carbocycles. The number of ether oxygens (including phenoxy) is 1. The van der Waals surface area contributed by atoms with E-state index >= 15 is 0 Å². The van der Waals surface area contributed by atoms with Crippen LogP contribution in [-0.2, 0) is 4.74 Å². The molecule has 1 saturated carbocycles. The maximum absolute atomic E-state index is 5.44. The minimum Gasteiger partial charge on any atom is -0.380 e. The van der Waals surface area contributed by atoms with Crippen molar-refractivity contribution < 1.29 is 4.74 Å². The van der Waals surface area contributed by atoms with E-state index in [1.54, 1.807) is 0 Å². The average molecular weight is 226 g/mol. The molecule has 16 heavy (non-hydrogen) atoms. The summed E-state index contributed by atoms with van der Waals surface area (Å²) in [5.74, 6) is 0. The standard InChI is InChI=1S/C13H26N2O/c1-14-10-13(6-3-4-7-13)11-15-8-5-12(9-15)16-2/h12,14H,3-11H2,1-2H3. The highest BCUT2D eigenvalue weighted by molar-refractivity contribution is 4.91. The summed E-state index contributed by atoms with van der Waals surface area (Å²) < 4.78 is 5.44. The van der Waals surface area contributed by atoms with Crippen LogP contribution in [0.3, 0.4) is 0 Å². The fraction of sp³-hybridized carbons (Fsp3) is 1.00. The van der Waals surface area contributed by atoms with Crippen LogP contribution in [-0.4, -0.2) is 51.3 Å². The van der Waals surface area contributed by atoms with Gasteiger partial charge in [-0.15, -0.1) is 0 Å². The Kier molecular flexibility index (Phi) is 4.22. The van der Waals surface area contributed by atoms with Crippen molar-refractivity contribution >= 4 is 0 Å². The second-order valence-corrected chi connectivity index (χ2v) is 5.62. The van der Waals surface area contributed by atoms with E-state index in [0.29, 0.717) is 11.5 Å². The van der Waals surface area contributed by atoms with Crippen LogP contribution in [0.4, 0.5) is 0 Å². The van der Waals surface area contributed by atoms with Gasteiger partial charge in [0, 0.05) is 33.3 Å². The molecule has 2 aliphatic rings. The number of nitrogens with one attached hydrogen (secondary N) is 1. The van der Waals surface area contributed by atoms with Gasteiger partial charge < -0.3 is 15.0 Å².